The molecular weight excluding hydrogens is 396 g/mol. The van der Waals surface area contributed by atoms with Gasteiger partial charge < -0.3 is 20.7 Å². The third kappa shape index (κ3) is 3.68. The van der Waals surface area contributed by atoms with Crippen LogP contribution in [0, 0.1) is 5.92 Å². The Morgan fingerprint density at radius 1 is 1.34 bits per heavy atom. The van der Waals surface area contributed by atoms with Gasteiger partial charge in [0, 0.05) is 35.5 Å². The van der Waals surface area contributed by atoms with Crippen LogP contribution in [0.1, 0.15) is 27.3 Å². The van der Waals surface area contributed by atoms with Crippen LogP contribution in [0.25, 0.3) is 5.52 Å². The molecule has 4 rings (SSSR count). The first-order chi connectivity index (χ1) is 15.2. The number of aromatic nitrogens is 3. The Kier molecular flexibility index (Phi) is 4.08. The second-order valence-corrected chi connectivity index (χ2v) is 6.91. The van der Waals surface area contributed by atoms with E-state index in [0.29, 0.717) is 22.0 Å². The van der Waals surface area contributed by atoms with Gasteiger partial charge in [-0.15, -0.1) is 0 Å². The van der Waals surface area contributed by atoms with Crippen LogP contribution in [0.5, 0.6) is 5.75 Å². The number of hydrogen-bond acceptors (Lipinski definition) is 6. The minimum atomic E-state index is -2.69. The molecule has 0 radical (unpaired) electrons. The van der Waals surface area contributed by atoms with Gasteiger partial charge >= 0.3 is 0 Å². The van der Waals surface area contributed by atoms with E-state index in [0.717, 1.165) is 12.8 Å². The van der Waals surface area contributed by atoms with Gasteiger partial charge in [0.15, 0.2) is 5.75 Å². The van der Waals surface area contributed by atoms with Crippen LogP contribution < -0.4 is 20.7 Å². The highest BCUT2D eigenvalue weighted by molar-refractivity contribution is 6.34. The zero-order valence-corrected chi connectivity index (χ0v) is 16.1. The minimum Gasteiger partial charge on any atom is -0.492 e. The number of halogens is 1. The smallest absolute Gasteiger partial charge is 0.254 e. The molecule has 3 heterocycles. The molecule has 10 heteroatoms. The normalized spacial score (nSPS) is 15.2. The third-order valence-corrected chi connectivity index (χ3v) is 4.80. The van der Waals surface area contributed by atoms with Crippen LogP contribution in [0.3, 0.4) is 0 Å². The molecule has 1 fully saturated rings. The maximum Gasteiger partial charge on any atom is 0.254 e. The molecule has 0 saturated heterocycles. The number of methoxy groups -OCH3 is 1. The SMILES string of the molecule is [2H]C([2H])([2H])NC(=O)c1cnc(NC(=O)C2CC2)cc1Nc1ccn2ncc(Cl)c2c1OC. The molecule has 2 amide bonds. The molecule has 1 aliphatic carbocycles. The second-order valence-electron chi connectivity index (χ2n) is 6.51. The van der Waals surface area contributed by atoms with Crippen LogP contribution in [0.2, 0.25) is 5.02 Å². The third-order valence-electron chi connectivity index (χ3n) is 4.53. The molecule has 0 atom stereocenters. The standard InChI is InChI=1S/C19H19ClN6O3/c1-21-19(28)11-8-22-15(25-18(27)10-3-4-10)7-14(11)24-13-5-6-26-16(17(13)29-2)12(20)9-23-26/h5-10H,3-4H2,1-2H3,(H,21,28)(H2,22,24,25,27)/i1D3. The number of fused-ring (bicyclic) bond motifs is 1. The van der Waals surface area contributed by atoms with E-state index in [1.807, 2.05) is 5.32 Å². The van der Waals surface area contributed by atoms with Crippen LogP contribution in [-0.2, 0) is 4.79 Å². The highest BCUT2D eigenvalue weighted by Gasteiger charge is 2.30. The summed E-state index contributed by atoms with van der Waals surface area (Å²) in [6.45, 7) is -2.69. The summed E-state index contributed by atoms with van der Waals surface area (Å²) < 4.78 is 29.0. The molecule has 0 aromatic carbocycles. The van der Waals surface area contributed by atoms with Crippen molar-refractivity contribution >= 4 is 46.1 Å². The van der Waals surface area contributed by atoms with E-state index < -0.39 is 12.9 Å². The first-order valence-electron chi connectivity index (χ1n) is 10.3. The molecular formula is C19H19ClN6O3. The van der Waals surface area contributed by atoms with Crippen LogP contribution in [0.15, 0.2) is 30.7 Å². The number of carbonyl (C=O) groups is 2. The lowest BCUT2D eigenvalue weighted by molar-refractivity contribution is -0.117. The van der Waals surface area contributed by atoms with Gasteiger partial charge in [0.25, 0.3) is 5.91 Å². The van der Waals surface area contributed by atoms with E-state index in [-0.39, 0.29) is 28.9 Å². The van der Waals surface area contributed by atoms with Gasteiger partial charge in [-0.05, 0) is 18.9 Å². The van der Waals surface area contributed by atoms with Gasteiger partial charge in [-0.1, -0.05) is 11.6 Å². The van der Waals surface area contributed by atoms with Crippen molar-refractivity contribution in [3.05, 3.63) is 41.3 Å². The molecule has 3 N–H and O–H groups in total. The van der Waals surface area contributed by atoms with Crippen molar-refractivity contribution in [2.75, 3.05) is 24.7 Å². The predicted molar refractivity (Wildman–Crippen MR) is 109 cm³/mol. The van der Waals surface area contributed by atoms with Crippen molar-refractivity contribution in [1.82, 2.24) is 19.9 Å². The predicted octanol–water partition coefficient (Wildman–Crippen LogP) is 2.84. The zero-order valence-electron chi connectivity index (χ0n) is 18.3. The van der Waals surface area contributed by atoms with Crippen molar-refractivity contribution < 1.29 is 18.4 Å². The quantitative estimate of drug-likeness (QED) is 0.569. The average molecular weight is 418 g/mol. The Labute approximate surface area is 175 Å². The topological polar surface area (TPSA) is 110 Å². The summed E-state index contributed by atoms with van der Waals surface area (Å²) in [6, 6.07) is 3.11. The number of ether oxygens (including phenoxy) is 1. The molecule has 1 aliphatic rings. The monoisotopic (exact) mass is 417 g/mol. The van der Waals surface area contributed by atoms with Crippen LogP contribution >= 0.6 is 11.6 Å². The van der Waals surface area contributed by atoms with Gasteiger partial charge in [0.05, 0.1) is 35.3 Å². The number of rotatable bonds is 6. The maximum absolute atomic E-state index is 12.6. The first-order valence-corrected chi connectivity index (χ1v) is 9.14. The van der Waals surface area contributed by atoms with E-state index in [9.17, 15) is 9.59 Å². The van der Waals surface area contributed by atoms with Crippen molar-refractivity contribution in [1.29, 1.82) is 0 Å². The number of amides is 2. The number of nitrogens with one attached hydrogen (secondary N) is 3. The van der Waals surface area contributed by atoms with Crippen LogP contribution in [-0.4, -0.2) is 40.5 Å². The van der Waals surface area contributed by atoms with Gasteiger partial charge in [-0.3, -0.25) is 9.59 Å². The van der Waals surface area contributed by atoms with Crippen molar-refractivity contribution in [3.63, 3.8) is 0 Å². The number of carbonyl (C=O) groups excluding carboxylic acids is 2. The fourth-order valence-electron chi connectivity index (χ4n) is 2.91. The molecule has 3 aromatic heterocycles. The van der Waals surface area contributed by atoms with Gasteiger partial charge in [-0.2, -0.15) is 5.10 Å². The molecule has 9 nitrogen and oxygen atoms in total. The fraction of sp³-hybridized carbons (Fsp3) is 0.263. The molecule has 0 unspecified atom stereocenters. The summed E-state index contributed by atoms with van der Waals surface area (Å²) in [7, 11) is 1.46. The Hall–Kier alpha value is -3.33. The van der Waals surface area contributed by atoms with E-state index in [4.69, 9.17) is 20.5 Å². The summed E-state index contributed by atoms with van der Waals surface area (Å²) in [5, 5.41) is 12.2. The first kappa shape index (κ1) is 15.6. The highest BCUT2D eigenvalue weighted by atomic mass is 35.5. The molecule has 0 bridgehead atoms. The number of nitrogens with zero attached hydrogens (tertiary/aromatic N) is 3. The Balaban J connectivity index is 1.74. The molecule has 29 heavy (non-hydrogen) atoms. The lowest BCUT2D eigenvalue weighted by Crippen LogP contribution is -2.20. The Morgan fingerprint density at radius 2 is 2.17 bits per heavy atom. The summed E-state index contributed by atoms with van der Waals surface area (Å²) >= 11 is 6.23. The molecule has 0 aliphatic heterocycles. The zero-order chi connectivity index (χ0) is 23.0. The van der Waals surface area contributed by atoms with Crippen molar-refractivity contribution in [2.24, 2.45) is 5.92 Å². The number of hydrogen-bond donors (Lipinski definition) is 3. The largest absolute Gasteiger partial charge is 0.492 e. The molecule has 150 valence electrons. The average Bonchev–Trinajstić information content (AvgIpc) is 3.50. The lowest BCUT2D eigenvalue weighted by Gasteiger charge is -2.16. The van der Waals surface area contributed by atoms with Crippen molar-refractivity contribution in [2.45, 2.75) is 12.8 Å². The number of pyridine rings is 2. The maximum atomic E-state index is 12.6. The number of anilines is 3. The van der Waals surface area contributed by atoms with Crippen molar-refractivity contribution in [3.8, 4) is 5.75 Å². The summed E-state index contributed by atoms with van der Waals surface area (Å²) in [5.74, 6) is -0.483. The van der Waals surface area contributed by atoms with Gasteiger partial charge in [0.1, 0.15) is 11.3 Å². The van der Waals surface area contributed by atoms with Gasteiger partial charge in [0.2, 0.25) is 5.91 Å². The van der Waals surface area contributed by atoms with Gasteiger partial charge in [-0.25, -0.2) is 9.50 Å². The molecule has 0 spiro atoms. The van der Waals surface area contributed by atoms with E-state index in [1.165, 1.54) is 30.1 Å². The lowest BCUT2D eigenvalue weighted by atomic mass is 10.2. The second kappa shape index (κ2) is 7.59. The van der Waals surface area contributed by atoms with E-state index in [2.05, 4.69) is 20.7 Å². The van der Waals surface area contributed by atoms with Crippen LogP contribution in [0.4, 0.5) is 17.2 Å². The minimum absolute atomic E-state index is 0.0351. The summed E-state index contributed by atoms with van der Waals surface area (Å²) in [5.41, 5.74) is 1.12. The highest BCUT2D eigenvalue weighted by Crippen LogP contribution is 2.36. The summed E-state index contributed by atoms with van der Waals surface area (Å²) in [6.07, 6.45) is 5.95. The Morgan fingerprint density at radius 3 is 2.90 bits per heavy atom. The van der Waals surface area contributed by atoms with E-state index >= 15 is 0 Å². The molecule has 1 saturated carbocycles. The Bertz CT molecular complexity index is 1210. The van der Waals surface area contributed by atoms with E-state index in [1.54, 1.807) is 12.3 Å². The fourth-order valence-corrected chi connectivity index (χ4v) is 3.13. The molecule has 3 aromatic rings. The summed E-state index contributed by atoms with van der Waals surface area (Å²) in [4.78, 5) is 28.8.